The fourth-order valence-electron chi connectivity index (χ4n) is 1.27. The highest BCUT2D eigenvalue weighted by Crippen LogP contribution is 2.14. The van der Waals surface area contributed by atoms with E-state index in [0.717, 1.165) is 16.6 Å². The second-order valence-corrected chi connectivity index (χ2v) is 3.08. The van der Waals surface area contributed by atoms with Gasteiger partial charge in [-0.1, -0.05) is 0 Å². The van der Waals surface area contributed by atoms with Crippen LogP contribution < -0.4 is 0 Å². The molecule has 0 fully saturated rings. The van der Waals surface area contributed by atoms with Crippen molar-refractivity contribution in [2.45, 2.75) is 5.88 Å². The van der Waals surface area contributed by atoms with Gasteiger partial charge in [0.25, 0.3) is 0 Å². The number of hydrogen-bond acceptors (Lipinski definition) is 1. The van der Waals surface area contributed by atoms with Gasteiger partial charge in [-0.05, 0) is 17.7 Å². The van der Waals surface area contributed by atoms with Crippen LogP contribution in [0.2, 0.25) is 0 Å². The second-order valence-electron chi connectivity index (χ2n) is 2.82. The van der Waals surface area contributed by atoms with Gasteiger partial charge in [0.2, 0.25) is 0 Å². The molecule has 0 aliphatic heterocycles. The van der Waals surface area contributed by atoms with E-state index < -0.39 is 0 Å². The molecule has 2 aromatic heterocycles. The van der Waals surface area contributed by atoms with Crippen molar-refractivity contribution in [1.82, 2.24) is 9.55 Å². The molecule has 0 bridgehead atoms. The van der Waals surface area contributed by atoms with Gasteiger partial charge in [-0.15, -0.1) is 11.6 Å². The summed E-state index contributed by atoms with van der Waals surface area (Å²) in [7, 11) is 1.98. The zero-order chi connectivity index (χ0) is 8.55. The standard InChI is InChI=1S/C9H9ClN2/c1-12-3-2-8-4-7(5-10)6-11-9(8)12/h2-4,6H,5H2,1H3. The van der Waals surface area contributed by atoms with E-state index in [1.807, 2.05) is 30.1 Å². The number of rotatable bonds is 1. The quantitative estimate of drug-likeness (QED) is 0.616. The van der Waals surface area contributed by atoms with Gasteiger partial charge in [-0.25, -0.2) is 4.98 Å². The van der Waals surface area contributed by atoms with Crippen LogP contribution in [0.1, 0.15) is 5.56 Å². The average Bonchev–Trinajstić information content (AvgIpc) is 2.47. The van der Waals surface area contributed by atoms with Crippen molar-refractivity contribution >= 4 is 22.6 Å². The van der Waals surface area contributed by atoms with Crippen LogP contribution in [0.3, 0.4) is 0 Å². The molecule has 0 saturated heterocycles. The number of pyridine rings is 1. The molecule has 0 unspecified atom stereocenters. The highest BCUT2D eigenvalue weighted by atomic mass is 35.5. The molecule has 0 saturated carbocycles. The monoisotopic (exact) mass is 180 g/mol. The minimum absolute atomic E-state index is 0.526. The maximum absolute atomic E-state index is 5.69. The molecule has 62 valence electrons. The molecular weight excluding hydrogens is 172 g/mol. The van der Waals surface area contributed by atoms with Gasteiger partial charge in [0, 0.05) is 30.7 Å². The minimum atomic E-state index is 0.526. The Labute approximate surface area is 75.8 Å². The van der Waals surface area contributed by atoms with E-state index in [1.54, 1.807) is 0 Å². The van der Waals surface area contributed by atoms with E-state index in [1.165, 1.54) is 0 Å². The fraction of sp³-hybridized carbons (Fsp3) is 0.222. The van der Waals surface area contributed by atoms with Gasteiger partial charge in [0.15, 0.2) is 0 Å². The smallest absolute Gasteiger partial charge is 0.139 e. The molecule has 3 heteroatoms. The summed E-state index contributed by atoms with van der Waals surface area (Å²) in [6, 6.07) is 4.10. The lowest BCUT2D eigenvalue weighted by molar-refractivity contribution is 0.947. The molecule has 2 heterocycles. The Morgan fingerprint density at radius 1 is 1.58 bits per heavy atom. The molecule has 0 radical (unpaired) electrons. The van der Waals surface area contributed by atoms with Gasteiger partial charge in [-0.3, -0.25) is 0 Å². The molecule has 0 aliphatic carbocycles. The first kappa shape index (κ1) is 7.62. The summed E-state index contributed by atoms with van der Waals surface area (Å²) in [6.07, 6.45) is 3.81. The Kier molecular flexibility index (Phi) is 1.77. The highest BCUT2D eigenvalue weighted by molar-refractivity contribution is 6.17. The van der Waals surface area contributed by atoms with Crippen LogP contribution in [0, 0.1) is 0 Å². The maximum Gasteiger partial charge on any atom is 0.139 e. The predicted octanol–water partition coefficient (Wildman–Crippen LogP) is 2.31. The van der Waals surface area contributed by atoms with Crippen molar-refractivity contribution in [2.75, 3.05) is 0 Å². The predicted molar refractivity (Wildman–Crippen MR) is 50.3 cm³/mol. The van der Waals surface area contributed by atoms with E-state index >= 15 is 0 Å². The SMILES string of the molecule is Cn1ccc2cc(CCl)cnc21. The maximum atomic E-state index is 5.69. The molecule has 0 aromatic carbocycles. The van der Waals surface area contributed by atoms with Crippen molar-refractivity contribution in [2.24, 2.45) is 7.05 Å². The first-order valence-electron chi connectivity index (χ1n) is 3.77. The van der Waals surface area contributed by atoms with Crippen molar-refractivity contribution in [3.63, 3.8) is 0 Å². The average molecular weight is 181 g/mol. The van der Waals surface area contributed by atoms with Gasteiger partial charge >= 0.3 is 0 Å². The van der Waals surface area contributed by atoms with E-state index in [9.17, 15) is 0 Å². The molecule has 0 amide bonds. The lowest BCUT2D eigenvalue weighted by Gasteiger charge is -1.96. The topological polar surface area (TPSA) is 17.8 Å². The van der Waals surface area contributed by atoms with Crippen LogP contribution in [0.5, 0.6) is 0 Å². The minimum Gasteiger partial charge on any atom is -0.336 e. The first-order chi connectivity index (χ1) is 5.81. The number of nitrogens with zero attached hydrogens (tertiary/aromatic N) is 2. The van der Waals surface area contributed by atoms with Crippen LogP contribution in [-0.4, -0.2) is 9.55 Å². The Morgan fingerprint density at radius 2 is 2.42 bits per heavy atom. The van der Waals surface area contributed by atoms with Crippen LogP contribution in [0.4, 0.5) is 0 Å². The second kappa shape index (κ2) is 2.79. The lowest BCUT2D eigenvalue weighted by Crippen LogP contribution is -1.88. The van der Waals surface area contributed by atoms with Gasteiger partial charge in [0.1, 0.15) is 5.65 Å². The van der Waals surface area contributed by atoms with E-state index in [0.29, 0.717) is 5.88 Å². The lowest BCUT2D eigenvalue weighted by atomic mass is 10.2. The highest BCUT2D eigenvalue weighted by Gasteiger charge is 1.99. The molecule has 0 aliphatic rings. The summed E-state index contributed by atoms with van der Waals surface area (Å²) in [5.74, 6) is 0.526. The van der Waals surface area contributed by atoms with Crippen LogP contribution in [0.15, 0.2) is 24.5 Å². The number of fused-ring (bicyclic) bond motifs is 1. The molecule has 2 rings (SSSR count). The summed E-state index contributed by atoms with van der Waals surface area (Å²) in [5, 5.41) is 1.15. The van der Waals surface area contributed by atoms with Crippen molar-refractivity contribution in [1.29, 1.82) is 0 Å². The third kappa shape index (κ3) is 1.08. The number of alkyl halides is 1. The van der Waals surface area contributed by atoms with E-state index in [-0.39, 0.29) is 0 Å². The van der Waals surface area contributed by atoms with E-state index in [4.69, 9.17) is 11.6 Å². The summed E-state index contributed by atoms with van der Waals surface area (Å²) in [6.45, 7) is 0. The Bertz CT molecular complexity index is 406. The fourth-order valence-corrected chi connectivity index (χ4v) is 1.42. The van der Waals surface area contributed by atoms with Crippen molar-refractivity contribution in [3.05, 3.63) is 30.1 Å². The van der Waals surface area contributed by atoms with Crippen LogP contribution >= 0.6 is 11.6 Å². The zero-order valence-corrected chi connectivity index (χ0v) is 7.54. The molecule has 2 nitrogen and oxygen atoms in total. The van der Waals surface area contributed by atoms with Crippen molar-refractivity contribution < 1.29 is 0 Å². The third-order valence-electron chi connectivity index (χ3n) is 1.92. The van der Waals surface area contributed by atoms with E-state index in [2.05, 4.69) is 11.1 Å². The van der Waals surface area contributed by atoms with Crippen LogP contribution in [0.25, 0.3) is 11.0 Å². The molecule has 0 atom stereocenters. The Hall–Kier alpha value is -1.02. The van der Waals surface area contributed by atoms with Crippen LogP contribution in [-0.2, 0) is 12.9 Å². The molecule has 12 heavy (non-hydrogen) atoms. The number of aromatic nitrogens is 2. The first-order valence-corrected chi connectivity index (χ1v) is 4.30. The molecule has 0 spiro atoms. The van der Waals surface area contributed by atoms with Gasteiger partial charge in [-0.2, -0.15) is 0 Å². The largest absolute Gasteiger partial charge is 0.336 e. The summed E-state index contributed by atoms with van der Waals surface area (Å²) in [5.41, 5.74) is 2.07. The molecule has 0 N–H and O–H groups in total. The summed E-state index contributed by atoms with van der Waals surface area (Å²) >= 11 is 5.69. The Balaban J connectivity index is 2.69. The van der Waals surface area contributed by atoms with Gasteiger partial charge < -0.3 is 4.57 Å². The van der Waals surface area contributed by atoms with Crippen molar-refractivity contribution in [3.8, 4) is 0 Å². The zero-order valence-electron chi connectivity index (χ0n) is 6.79. The third-order valence-corrected chi connectivity index (χ3v) is 2.23. The number of hydrogen-bond donors (Lipinski definition) is 0. The molecule has 2 aromatic rings. The normalized spacial score (nSPS) is 10.8. The molecular formula is C9H9ClN2. The Morgan fingerprint density at radius 3 is 3.17 bits per heavy atom. The number of halogens is 1. The van der Waals surface area contributed by atoms with Gasteiger partial charge in [0.05, 0.1) is 0 Å². The summed E-state index contributed by atoms with van der Waals surface area (Å²) < 4.78 is 1.99. The number of aryl methyl sites for hydroxylation is 1. The summed E-state index contributed by atoms with van der Waals surface area (Å²) in [4.78, 5) is 4.29.